The fourth-order valence-corrected chi connectivity index (χ4v) is 4.35. The van der Waals surface area contributed by atoms with Crippen molar-refractivity contribution in [1.82, 2.24) is 0 Å². The van der Waals surface area contributed by atoms with E-state index in [9.17, 15) is 9.59 Å². The Labute approximate surface area is 117 Å². The van der Waals surface area contributed by atoms with Gasteiger partial charge in [0.25, 0.3) is 0 Å². The highest BCUT2D eigenvalue weighted by atomic mass is 32.1. The van der Waals surface area contributed by atoms with Gasteiger partial charge in [0.15, 0.2) is 5.78 Å². The first-order valence-electron chi connectivity index (χ1n) is 6.90. The van der Waals surface area contributed by atoms with Gasteiger partial charge in [-0.05, 0) is 36.8 Å². The van der Waals surface area contributed by atoms with Gasteiger partial charge in [0, 0.05) is 10.8 Å². The van der Waals surface area contributed by atoms with Gasteiger partial charge in [-0.25, -0.2) is 0 Å². The van der Waals surface area contributed by atoms with E-state index in [1.807, 2.05) is 12.1 Å². The van der Waals surface area contributed by atoms with Crippen LogP contribution in [0.3, 0.4) is 0 Å². The van der Waals surface area contributed by atoms with E-state index in [4.69, 9.17) is 0 Å². The van der Waals surface area contributed by atoms with Crippen LogP contribution < -0.4 is 0 Å². The number of carbonyl (C=O) groups is 2. The highest BCUT2D eigenvalue weighted by Crippen LogP contribution is 2.56. The molecule has 1 aromatic heterocycles. The number of Topliss-reactive ketones (excluding diaryl/α,β-unsaturated/α-hetero) is 1. The summed E-state index contributed by atoms with van der Waals surface area (Å²) in [4.78, 5) is 25.4. The Balaban J connectivity index is 1.66. The summed E-state index contributed by atoms with van der Waals surface area (Å²) in [5.74, 6) is 1.62. The summed E-state index contributed by atoms with van der Waals surface area (Å²) in [5.41, 5.74) is 0. The van der Waals surface area contributed by atoms with Crippen molar-refractivity contribution in [2.24, 2.45) is 17.8 Å². The van der Waals surface area contributed by atoms with Crippen LogP contribution in [0.2, 0.25) is 0 Å². The molecule has 0 amide bonds. The molecule has 0 bridgehead atoms. The molecule has 2 fully saturated rings. The smallest absolute Gasteiger partial charge is 0.310 e. The maximum absolute atomic E-state index is 12.4. The molecular formula is C15H18O3S. The molecule has 102 valence electrons. The fraction of sp³-hybridized carbons (Fsp3) is 0.600. The second kappa shape index (κ2) is 5.08. The van der Waals surface area contributed by atoms with Gasteiger partial charge in [-0.1, -0.05) is 12.8 Å². The lowest BCUT2D eigenvalue weighted by atomic mass is 10.0. The third-order valence-corrected chi connectivity index (χ3v) is 5.51. The van der Waals surface area contributed by atoms with E-state index >= 15 is 0 Å². The van der Waals surface area contributed by atoms with Crippen molar-refractivity contribution in [2.75, 3.05) is 7.11 Å². The Bertz CT molecular complexity index is 493. The van der Waals surface area contributed by atoms with E-state index < -0.39 is 0 Å². The lowest BCUT2D eigenvalue weighted by Gasteiger charge is -2.04. The zero-order valence-corrected chi connectivity index (χ0v) is 11.9. The summed E-state index contributed by atoms with van der Waals surface area (Å²) < 4.78 is 4.64. The van der Waals surface area contributed by atoms with Crippen LogP contribution >= 0.6 is 11.3 Å². The number of fused-ring (bicyclic) bond motifs is 1. The lowest BCUT2D eigenvalue weighted by Crippen LogP contribution is -2.03. The number of hydrogen-bond donors (Lipinski definition) is 0. The van der Waals surface area contributed by atoms with Crippen LogP contribution in [0.5, 0.6) is 0 Å². The number of rotatable bonds is 4. The van der Waals surface area contributed by atoms with Gasteiger partial charge in [-0.2, -0.15) is 0 Å². The molecule has 2 aliphatic rings. The first-order valence-corrected chi connectivity index (χ1v) is 7.72. The Morgan fingerprint density at radius 3 is 2.58 bits per heavy atom. The van der Waals surface area contributed by atoms with Crippen LogP contribution in [0.15, 0.2) is 12.1 Å². The third kappa shape index (κ3) is 2.46. The van der Waals surface area contributed by atoms with Crippen molar-refractivity contribution < 1.29 is 14.3 Å². The maximum Gasteiger partial charge on any atom is 0.310 e. The van der Waals surface area contributed by atoms with Gasteiger partial charge in [0.05, 0.1) is 18.4 Å². The van der Waals surface area contributed by atoms with Crippen molar-refractivity contribution in [3.63, 3.8) is 0 Å². The third-order valence-electron chi connectivity index (χ3n) is 4.41. The van der Waals surface area contributed by atoms with E-state index in [1.165, 1.54) is 44.1 Å². The SMILES string of the molecule is COC(=O)Cc1ccc(C(=O)C2C3CCCCC32)s1. The molecule has 19 heavy (non-hydrogen) atoms. The molecule has 2 aliphatic carbocycles. The molecule has 0 spiro atoms. The topological polar surface area (TPSA) is 43.4 Å². The molecule has 2 saturated carbocycles. The van der Waals surface area contributed by atoms with Crippen molar-refractivity contribution in [2.45, 2.75) is 32.1 Å². The summed E-state index contributed by atoms with van der Waals surface area (Å²) in [6, 6.07) is 3.75. The van der Waals surface area contributed by atoms with E-state index in [0.29, 0.717) is 17.6 Å². The van der Waals surface area contributed by atoms with Crippen LogP contribution in [0.25, 0.3) is 0 Å². The first-order chi connectivity index (χ1) is 9.20. The molecule has 0 radical (unpaired) electrons. The normalized spacial score (nSPS) is 28.6. The Morgan fingerprint density at radius 2 is 1.95 bits per heavy atom. The van der Waals surface area contributed by atoms with E-state index in [1.54, 1.807) is 0 Å². The van der Waals surface area contributed by atoms with Crippen LogP contribution in [0, 0.1) is 17.8 Å². The highest BCUT2D eigenvalue weighted by molar-refractivity contribution is 7.14. The van der Waals surface area contributed by atoms with Gasteiger partial charge < -0.3 is 4.74 Å². The second-order valence-electron chi connectivity index (χ2n) is 5.52. The monoisotopic (exact) mass is 278 g/mol. The molecule has 0 saturated heterocycles. The molecule has 0 aromatic carbocycles. The zero-order valence-electron chi connectivity index (χ0n) is 11.1. The summed E-state index contributed by atoms with van der Waals surface area (Å²) in [5, 5.41) is 0. The zero-order chi connectivity index (χ0) is 13.4. The van der Waals surface area contributed by atoms with Crippen molar-refractivity contribution >= 4 is 23.1 Å². The van der Waals surface area contributed by atoms with Crippen LogP contribution in [0.1, 0.15) is 40.2 Å². The molecule has 0 N–H and O–H groups in total. The Hall–Kier alpha value is -1.16. The van der Waals surface area contributed by atoms with Crippen LogP contribution in [-0.2, 0) is 16.0 Å². The average molecular weight is 278 g/mol. The minimum absolute atomic E-state index is 0.249. The minimum atomic E-state index is -0.249. The van der Waals surface area contributed by atoms with Crippen LogP contribution in [0.4, 0.5) is 0 Å². The van der Waals surface area contributed by atoms with Gasteiger partial charge in [-0.15, -0.1) is 11.3 Å². The van der Waals surface area contributed by atoms with E-state index in [2.05, 4.69) is 4.74 Å². The van der Waals surface area contributed by atoms with Crippen LogP contribution in [-0.4, -0.2) is 18.9 Å². The molecule has 3 rings (SSSR count). The number of carbonyl (C=O) groups excluding carboxylic acids is 2. The minimum Gasteiger partial charge on any atom is -0.469 e. The standard InChI is InChI=1S/C15H18O3S/c1-18-13(16)8-9-6-7-12(19-9)15(17)14-10-4-2-3-5-11(10)14/h6-7,10-11,14H,2-5,8H2,1H3. The number of thiophene rings is 1. The number of methoxy groups -OCH3 is 1. The Morgan fingerprint density at radius 1 is 1.26 bits per heavy atom. The first kappa shape index (κ1) is 12.9. The summed E-state index contributed by atoms with van der Waals surface area (Å²) in [6.45, 7) is 0. The molecular weight excluding hydrogens is 260 g/mol. The van der Waals surface area contributed by atoms with Gasteiger partial charge in [0.1, 0.15) is 0 Å². The number of hydrogen-bond acceptors (Lipinski definition) is 4. The predicted octanol–water partition coefficient (Wildman–Crippen LogP) is 3.08. The van der Waals surface area contributed by atoms with Gasteiger partial charge in [0.2, 0.25) is 0 Å². The summed E-state index contributed by atoms with van der Waals surface area (Å²) in [6.07, 6.45) is 5.28. The van der Waals surface area contributed by atoms with Crippen molar-refractivity contribution in [3.05, 3.63) is 21.9 Å². The molecule has 0 aliphatic heterocycles. The number of ether oxygens (including phenoxy) is 1. The summed E-state index contributed by atoms with van der Waals surface area (Å²) >= 11 is 1.45. The number of ketones is 1. The highest BCUT2D eigenvalue weighted by Gasteiger charge is 2.54. The van der Waals surface area contributed by atoms with Crippen molar-refractivity contribution in [1.29, 1.82) is 0 Å². The number of esters is 1. The lowest BCUT2D eigenvalue weighted by molar-refractivity contribution is -0.139. The second-order valence-corrected chi connectivity index (χ2v) is 6.69. The van der Waals surface area contributed by atoms with Crippen molar-refractivity contribution in [3.8, 4) is 0 Å². The fourth-order valence-electron chi connectivity index (χ4n) is 3.37. The molecule has 2 atom stereocenters. The predicted molar refractivity (Wildman–Crippen MR) is 73.3 cm³/mol. The molecule has 1 heterocycles. The van der Waals surface area contributed by atoms with E-state index in [0.717, 1.165) is 9.75 Å². The summed E-state index contributed by atoms with van der Waals surface area (Å²) in [7, 11) is 1.39. The Kier molecular flexibility index (Phi) is 3.44. The largest absolute Gasteiger partial charge is 0.469 e. The maximum atomic E-state index is 12.4. The average Bonchev–Trinajstić information content (AvgIpc) is 2.98. The molecule has 4 heteroatoms. The quantitative estimate of drug-likeness (QED) is 0.628. The molecule has 3 nitrogen and oxygen atoms in total. The van der Waals surface area contributed by atoms with Gasteiger partial charge >= 0.3 is 5.97 Å². The van der Waals surface area contributed by atoms with E-state index in [-0.39, 0.29) is 18.3 Å². The van der Waals surface area contributed by atoms with Gasteiger partial charge in [-0.3, -0.25) is 9.59 Å². The molecule has 2 unspecified atom stereocenters. The molecule has 1 aromatic rings.